The van der Waals surface area contributed by atoms with Crippen molar-refractivity contribution in [2.45, 2.75) is 30.9 Å². The van der Waals surface area contributed by atoms with E-state index >= 15 is 0 Å². The van der Waals surface area contributed by atoms with Gasteiger partial charge in [0.25, 0.3) is 10.0 Å². The molecule has 16 heavy (non-hydrogen) atoms. The van der Waals surface area contributed by atoms with Crippen LogP contribution in [0.5, 0.6) is 0 Å². The van der Waals surface area contributed by atoms with Crippen molar-refractivity contribution in [2.24, 2.45) is 0 Å². The second-order valence-electron chi connectivity index (χ2n) is 3.61. The molecule has 92 valence electrons. The minimum atomic E-state index is -3.41. The summed E-state index contributed by atoms with van der Waals surface area (Å²) in [7, 11) is -1.83. The number of hydrogen-bond donors (Lipinski definition) is 1. The van der Waals surface area contributed by atoms with Crippen molar-refractivity contribution in [3.8, 4) is 0 Å². The molecule has 0 aliphatic carbocycles. The van der Waals surface area contributed by atoms with Gasteiger partial charge in [-0.05, 0) is 13.3 Å². The fourth-order valence-corrected chi connectivity index (χ4v) is 3.98. The fraction of sp³-hybridized carbons (Fsp3) is 0.667. The molecule has 0 unspecified atom stereocenters. The average Bonchev–Trinajstić information content (AvgIpc) is 2.54. The van der Waals surface area contributed by atoms with Gasteiger partial charge in [0.2, 0.25) is 0 Å². The molecule has 2 N–H and O–H groups in total. The molecule has 1 aromatic heterocycles. The van der Waals surface area contributed by atoms with Gasteiger partial charge < -0.3 is 5.73 Å². The Labute approximate surface area is 100 Å². The van der Waals surface area contributed by atoms with E-state index in [1.165, 1.54) is 4.31 Å². The Hall–Kier alpha value is -0.660. The molecule has 1 aromatic rings. The topological polar surface area (TPSA) is 76.3 Å². The molecule has 0 atom stereocenters. The number of aryl methyl sites for hydroxylation is 1. The number of nitrogens with zero attached hydrogens (tertiary/aromatic N) is 2. The van der Waals surface area contributed by atoms with Crippen molar-refractivity contribution in [2.75, 3.05) is 19.3 Å². The van der Waals surface area contributed by atoms with Gasteiger partial charge in [0, 0.05) is 13.6 Å². The third-order valence-corrected chi connectivity index (χ3v) is 5.67. The Morgan fingerprint density at radius 3 is 2.56 bits per heavy atom. The molecule has 0 aromatic carbocycles. The molecule has 0 fully saturated rings. The van der Waals surface area contributed by atoms with E-state index in [1.807, 2.05) is 6.92 Å². The van der Waals surface area contributed by atoms with Crippen LogP contribution >= 0.6 is 11.3 Å². The summed E-state index contributed by atoms with van der Waals surface area (Å²) in [5.41, 5.74) is 5.98. The standard InChI is InChI=1S/C9H17N3O2S2/c1-4-5-6-12(3)16(13,14)8-7(2)11-9(10)15-8/h4-6H2,1-3H3,(H2,10,11). The highest BCUT2D eigenvalue weighted by Gasteiger charge is 2.25. The maximum Gasteiger partial charge on any atom is 0.254 e. The third kappa shape index (κ3) is 2.72. The number of anilines is 1. The van der Waals surface area contributed by atoms with Crippen LogP contribution in [0.25, 0.3) is 0 Å². The van der Waals surface area contributed by atoms with Crippen LogP contribution < -0.4 is 5.73 Å². The highest BCUT2D eigenvalue weighted by molar-refractivity contribution is 7.91. The van der Waals surface area contributed by atoms with E-state index < -0.39 is 10.0 Å². The first-order valence-electron chi connectivity index (χ1n) is 5.08. The zero-order valence-electron chi connectivity index (χ0n) is 9.73. The Bertz CT molecular complexity index is 453. The van der Waals surface area contributed by atoms with E-state index in [0.29, 0.717) is 17.4 Å². The molecule has 5 nitrogen and oxygen atoms in total. The Balaban J connectivity index is 2.97. The smallest absolute Gasteiger partial charge is 0.254 e. The van der Waals surface area contributed by atoms with E-state index in [2.05, 4.69) is 4.98 Å². The number of rotatable bonds is 5. The maximum absolute atomic E-state index is 12.1. The number of hydrogen-bond acceptors (Lipinski definition) is 5. The van der Waals surface area contributed by atoms with Crippen LogP contribution in [0.2, 0.25) is 0 Å². The summed E-state index contributed by atoms with van der Waals surface area (Å²) in [6, 6.07) is 0. The second kappa shape index (κ2) is 5.11. The summed E-state index contributed by atoms with van der Waals surface area (Å²) in [6.07, 6.45) is 1.81. The van der Waals surface area contributed by atoms with Crippen LogP contribution in [0, 0.1) is 6.92 Å². The van der Waals surface area contributed by atoms with Crippen LogP contribution in [0.4, 0.5) is 5.13 Å². The number of unbranched alkanes of at least 4 members (excludes halogenated alkanes) is 1. The maximum atomic E-state index is 12.1. The van der Waals surface area contributed by atoms with Gasteiger partial charge in [0.15, 0.2) is 9.34 Å². The first-order chi connectivity index (χ1) is 7.39. The molecule has 1 rings (SSSR count). The zero-order chi connectivity index (χ0) is 12.3. The van der Waals surface area contributed by atoms with Crippen molar-refractivity contribution in [3.05, 3.63) is 5.69 Å². The van der Waals surface area contributed by atoms with Gasteiger partial charge in [-0.25, -0.2) is 17.7 Å². The van der Waals surface area contributed by atoms with E-state index in [-0.39, 0.29) is 4.21 Å². The van der Waals surface area contributed by atoms with Crippen molar-refractivity contribution in [1.29, 1.82) is 0 Å². The number of sulfonamides is 1. The van der Waals surface area contributed by atoms with E-state index in [0.717, 1.165) is 24.2 Å². The summed E-state index contributed by atoms with van der Waals surface area (Å²) in [5.74, 6) is 0. The average molecular weight is 263 g/mol. The lowest BCUT2D eigenvalue weighted by Gasteiger charge is -2.15. The van der Waals surface area contributed by atoms with E-state index in [4.69, 9.17) is 5.73 Å². The van der Waals surface area contributed by atoms with Crippen LogP contribution in [-0.4, -0.2) is 31.3 Å². The summed E-state index contributed by atoms with van der Waals surface area (Å²) in [6.45, 7) is 4.21. The van der Waals surface area contributed by atoms with Gasteiger partial charge in [-0.2, -0.15) is 0 Å². The minimum absolute atomic E-state index is 0.253. The van der Waals surface area contributed by atoms with Gasteiger partial charge in [-0.1, -0.05) is 24.7 Å². The van der Waals surface area contributed by atoms with Crippen LogP contribution in [0.1, 0.15) is 25.5 Å². The Morgan fingerprint density at radius 1 is 1.50 bits per heavy atom. The molecular weight excluding hydrogens is 246 g/mol. The highest BCUT2D eigenvalue weighted by atomic mass is 32.2. The van der Waals surface area contributed by atoms with Crippen LogP contribution in [0.3, 0.4) is 0 Å². The lowest BCUT2D eigenvalue weighted by atomic mass is 10.3. The van der Waals surface area contributed by atoms with Crippen molar-refractivity contribution in [3.63, 3.8) is 0 Å². The second-order valence-corrected chi connectivity index (χ2v) is 6.88. The summed E-state index contributed by atoms with van der Waals surface area (Å²) in [4.78, 5) is 3.93. The van der Waals surface area contributed by atoms with Gasteiger partial charge in [0.05, 0.1) is 5.69 Å². The number of thiazole rings is 1. The lowest BCUT2D eigenvalue weighted by molar-refractivity contribution is 0.460. The molecule has 0 radical (unpaired) electrons. The first-order valence-corrected chi connectivity index (χ1v) is 7.34. The lowest BCUT2D eigenvalue weighted by Crippen LogP contribution is -2.27. The van der Waals surface area contributed by atoms with Crippen LogP contribution in [-0.2, 0) is 10.0 Å². The zero-order valence-corrected chi connectivity index (χ0v) is 11.4. The molecule has 0 saturated heterocycles. The minimum Gasteiger partial charge on any atom is -0.375 e. The van der Waals surface area contributed by atoms with Crippen molar-refractivity contribution < 1.29 is 8.42 Å². The van der Waals surface area contributed by atoms with Gasteiger partial charge in [-0.3, -0.25) is 0 Å². The summed E-state index contributed by atoms with van der Waals surface area (Å²) in [5, 5.41) is 0.292. The normalized spacial score (nSPS) is 12.2. The van der Waals surface area contributed by atoms with Gasteiger partial charge in [0.1, 0.15) is 0 Å². The van der Waals surface area contributed by atoms with E-state index in [1.54, 1.807) is 14.0 Å². The van der Waals surface area contributed by atoms with Crippen molar-refractivity contribution >= 4 is 26.5 Å². The van der Waals surface area contributed by atoms with Gasteiger partial charge >= 0.3 is 0 Å². The molecule has 0 amide bonds. The molecule has 0 saturated carbocycles. The number of aromatic nitrogens is 1. The quantitative estimate of drug-likeness (QED) is 0.872. The SMILES string of the molecule is CCCCN(C)S(=O)(=O)c1sc(N)nc1C. The highest BCUT2D eigenvalue weighted by Crippen LogP contribution is 2.27. The van der Waals surface area contributed by atoms with Gasteiger partial charge in [-0.15, -0.1) is 0 Å². The Kier molecular flexibility index (Phi) is 4.28. The number of nitrogens with two attached hydrogens (primary N) is 1. The monoisotopic (exact) mass is 263 g/mol. The predicted molar refractivity (Wildman–Crippen MR) is 66.0 cm³/mol. The fourth-order valence-electron chi connectivity index (χ4n) is 1.28. The number of nitrogen functional groups attached to an aromatic ring is 1. The summed E-state index contributed by atoms with van der Waals surface area (Å²) >= 11 is 1.02. The molecule has 0 bridgehead atoms. The van der Waals surface area contributed by atoms with E-state index in [9.17, 15) is 8.42 Å². The summed E-state index contributed by atoms with van der Waals surface area (Å²) < 4.78 is 25.8. The molecule has 1 heterocycles. The third-order valence-electron chi connectivity index (χ3n) is 2.24. The predicted octanol–water partition coefficient (Wildman–Crippen LogP) is 1.45. The molecule has 0 aliphatic heterocycles. The molecule has 0 spiro atoms. The largest absolute Gasteiger partial charge is 0.375 e. The molecule has 0 aliphatic rings. The van der Waals surface area contributed by atoms with Crippen molar-refractivity contribution in [1.82, 2.24) is 9.29 Å². The Morgan fingerprint density at radius 2 is 2.12 bits per heavy atom. The molecule has 7 heteroatoms. The van der Waals surface area contributed by atoms with Crippen LogP contribution in [0.15, 0.2) is 4.21 Å². The first kappa shape index (κ1) is 13.4. The molecular formula is C9H17N3O2S2.